The SMILES string of the molecule is CC(C)(F)c1cccc2c1OCCN2. The molecular formula is C11H14FNO. The van der Waals surface area contributed by atoms with Crippen molar-refractivity contribution in [2.24, 2.45) is 0 Å². The van der Waals surface area contributed by atoms with Crippen LogP contribution in [-0.4, -0.2) is 13.2 Å². The van der Waals surface area contributed by atoms with E-state index >= 15 is 0 Å². The van der Waals surface area contributed by atoms with Gasteiger partial charge in [0, 0.05) is 12.1 Å². The number of anilines is 1. The maximum atomic E-state index is 13.8. The number of para-hydroxylation sites is 1. The van der Waals surface area contributed by atoms with Crippen LogP contribution >= 0.6 is 0 Å². The zero-order valence-corrected chi connectivity index (χ0v) is 8.43. The molecule has 0 aliphatic carbocycles. The molecule has 0 bridgehead atoms. The van der Waals surface area contributed by atoms with E-state index in [1.54, 1.807) is 19.9 Å². The van der Waals surface area contributed by atoms with E-state index in [9.17, 15) is 4.39 Å². The van der Waals surface area contributed by atoms with Gasteiger partial charge in [0.2, 0.25) is 0 Å². The molecule has 0 atom stereocenters. The molecule has 1 aliphatic heterocycles. The molecule has 0 saturated carbocycles. The van der Waals surface area contributed by atoms with E-state index in [1.165, 1.54) is 0 Å². The van der Waals surface area contributed by atoms with Crippen molar-refractivity contribution in [2.75, 3.05) is 18.5 Å². The largest absolute Gasteiger partial charge is 0.489 e. The molecule has 0 aromatic heterocycles. The number of alkyl halides is 1. The molecule has 1 N–H and O–H groups in total. The van der Waals surface area contributed by atoms with E-state index < -0.39 is 5.67 Å². The second kappa shape index (κ2) is 3.15. The van der Waals surface area contributed by atoms with E-state index in [0.717, 1.165) is 12.2 Å². The molecule has 1 aliphatic rings. The lowest BCUT2D eigenvalue weighted by Crippen LogP contribution is -2.21. The molecular weight excluding hydrogens is 181 g/mol. The molecule has 2 rings (SSSR count). The predicted octanol–water partition coefficient (Wildman–Crippen LogP) is 2.70. The fourth-order valence-electron chi connectivity index (χ4n) is 1.64. The van der Waals surface area contributed by atoms with Gasteiger partial charge in [0.1, 0.15) is 18.0 Å². The van der Waals surface area contributed by atoms with E-state index in [0.29, 0.717) is 17.9 Å². The molecule has 0 saturated heterocycles. The van der Waals surface area contributed by atoms with Crippen molar-refractivity contribution in [3.05, 3.63) is 23.8 Å². The van der Waals surface area contributed by atoms with E-state index in [-0.39, 0.29) is 0 Å². The molecule has 0 unspecified atom stereocenters. The number of benzene rings is 1. The molecule has 1 aromatic rings. The molecule has 0 fully saturated rings. The minimum Gasteiger partial charge on any atom is -0.489 e. The first kappa shape index (κ1) is 9.31. The molecule has 76 valence electrons. The first-order valence-electron chi connectivity index (χ1n) is 4.78. The van der Waals surface area contributed by atoms with Gasteiger partial charge in [-0.05, 0) is 19.9 Å². The Balaban J connectivity index is 2.51. The van der Waals surface area contributed by atoms with Crippen molar-refractivity contribution < 1.29 is 9.13 Å². The van der Waals surface area contributed by atoms with Gasteiger partial charge in [-0.2, -0.15) is 0 Å². The van der Waals surface area contributed by atoms with E-state index in [1.807, 2.05) is 12.1 Å². The van der Waals surface area contributed by atoms with Gasteiger partial charge in [0.25, 0.3) is 0 Å². The molecule has 0 spiro atoms. The molecule has 1 heterocycles. The zero-order chi connectivity index (χ0) is 10.2. The summed E-state index contributed by atoms with van der Waals surface area (Å²) in [6.07, 6.45) is 0. The quantitative estimate of drug-likeness (QED) is 0.743. The number of rotatable bonds is 1. The Labute approximate surface area is 83.1 Å². The molecule has 0 radical (unpaired) electrons. The summed E-state index contributed by atoms with van der Waals surface area (Å²) in [5, 5.41) is 3.18. The Morgan fingerprint density at radius 3 is 2.93 bits per heavy atom. The Kier molecular flexibility index (Phi) is 2.10. The third kappa shape index (κ3) is 1.54. The number of fused-ring (bicyclic) bond motifs is 1. The topological polar surface area (TPSA) is 21.3 Å². The van der Waals surface area contributed by atoms with Crippen LogP contribution in [0.25, 0.3) is 0 Å². The van der Waals surface area contributed by atoms with Crippen LogP contribution in [0.2, 0.25) is 0 Å². The number of hydrogen-bond acceptors (Lipinski definition) is 2. The fourth-order valence-corrected chi connectivity index (χ4v) is 1.64. The summed E-state index contributed by atoms with van der Waals surface area (Å²) in [5.41, 5.74) is 0.145. The normalized spacial score (nSPS) is 15.4. The Bertz CT molecular complexity index is 344. The minimum absolute atomic E-state index is 0.597. The van der Waals surface area contributed by atoms with Crippen LogP contribution in [0.3, 0.4) is 0 Å². The summed E-state index contributed by atoms with van der Waals surface area (Å²) in [6.45, 7) is 4.46. The maximum Gasteiger partial charge on any atom is 0.148 e. The summed E-state index contributed by atoms with van der Waals surface area (Å²) in [7, 11) is 0. The smallest absolute Gasteiger partial charge is 0.148 e. The summed E-state index contributed by atoms with van der Waals surface area (Å²) >= 11 is 0. The zero-order valence-electron chi connectivity index (χ0n) is 8.43. The second-order valence-electron chi connectivity index (χ2n) is 3.93. The predicted molar refractivity (Wildman–Crippen MR) is 54.6 cm³/mol. The first-order chi connectivity index (χ1) is 6.59. The van der Waals surface area contributed by atoms with Crippen molar-refractivity contribution in [3.8, 4) is 5.75 Å². The first-order valence-corrected chi connectivity index (χ1v) is 4.78. The average molecular weight is 195 g/mol. The van der Waals surface area contributed by atoms with Crippen LogP contribution in [-0.2, 0) is 5.67 Å². The van der Waals surface area contributed by atoms with Crippen LogP contribution in [0.4, 0.5) is 10.1 Å². The molecule has 1 aromatic carbocycles. The highest BCUT2D eigenvalue weighted by Gasteiger charge is 2.26. The minimum atomic E-state index is -1.36. The lowest BCUT2D eigenvalue weighted by Gasteiger charge is -2.25. The second-order valence-corrected chi connectivity index (χ2v) is 3.93. The standard InChI is InChI=1S/C11H14FNO/c1-11(2,12)8-4-3-5-9-10(8)14-7-6-13-9/h3-5,13H,6-7H2,1-2H3. The van der Waals surface area contributed by atoms with Crippen LogP contribution < -0.4 is 10.1 Å². The van der Waals surface area contributed by atoms with E-state index in [2.05, 4.69) is 5.32 Å². The molecule has 0 amide bonds. The van der Waals surface area contributed by atoms with Gasteiger partial charge in [-0.3, -0.25) is 0 Å². The third-order valence-electron chi connectivity index (χ3n) is 2.32. The summed E-state index contributed by atoms with van der Waals surface area (Å²) in [6, 6.07) is 5.52. The van der Waals surface area contributed by atoms with Gasteiger partial charge in [0.05, 0.1) is 5.69 Å². The van der Waals surface area contributed by atoms with Crippen molar-refractivity contribution >= 4 is 5.69 Å². The van der Waals surface area contributed by atoms with Crippen molar-refractivity contribution in [3.63, 3.8) is 0 Å². The van der Waals surface area contributed by atoms with Gasteiger partial charge in [-0.1, -0.05) is 12.1 Å². The summed E-state index contributed by atoms with van der Waals surface area (Å²) in [5.74, 6) is 0.659. The van der Waals surface area contributed by atoms with Crippen molar-refractivity contribution in [1.82, 2.24) is 0 Å². The Morgan fingerprint density at radius 2 is 2.21 bits per heavy atom. The summed E-state index contributed by atoms with van der Waals surface area (Å²) in [4.78, 5) is 0. The number of hydrogen-bond donors (Lipinski definition) is 1. The number of nitrogens with one attached hydrogen (secondary N) is 1. The van der Waals surface area contributed by atoms with Crippen molar-refractivity contribution in [2.45, 2.75) is 19.5 Å². The van der Waals surface area contributed by atoms with Crippen LogP contribution in [0.5, 0.6) is 5.75 Å². The monoisotopic (exact) mass is 195 g/mol. The average Bonchev–Trinajstić information content (AvgIpc) is 2.15. The highest BCUT2D eigenvalue weighted by molar-refractivity contribution is 5.62. The maximum absolute atomic E-state index is 13.8. The Morgan fingerprint density at radius 1 is 1.43 bits per heavy atom. The molecule has 3 heteroatoms. The van der Waals surface area contributed by atoms with Crippen LogP contribution in [0.1, 0.15) is 19.4 Å². The fraction of sp³-hybridized carbons (Fsp3) is 0.455. The van der Waals surface area contributed by atoms with Crippen LogP contribution in [0.15, 0.2) is 18.2 Å². The van der Waals surface area contributed by atoms with Crippen LogP contribution in [0, 0.1) is 0 Å². The number of ether oxygens (including phenoxy) is 1. The highest BCUT2D eigenvalue weighted by atomic mass is 19.1. The Hall–Kier alpha value is -1.25. The van der Waals surface area contributed by atoms with Gasteiger partial charge < -0.3 is 10.1 Å². The van der Waals surface area contributed by atoms with Gasteiger partial charge >= 0.3 is 0 Å². The van der Waals surface area contributed by atoms with Gasteiger partial charge in [-0.15, -0.1) is 0 Å². The lowest BCUT2D eigenvalue weighted by molar-refractivity contribution is 0.208. The van der Waals surface area contributed by atoms with Gasteiger partial charge in [0.15, 0.2) is 0 Å². The lowest BCUT2D eigenvalue weighted by atomic mass is 9.98. The highest BCUT2D eigenvalue weighted by Crippen LogP contribution is 2.39. The van der Waals surface area contributed by atoms with Gasteiger partial charge in [-0.25, -0.2) is 4.39 Å². The summed E-state index contributed by atoms with van der Waals surface area (Å²) < 4.78 is 19.3. The van der Waals surface area contributed by atoms with E-state index in [4.69, 9.17) is 4.74 Å². The molecule has 14 heavy (non-hydrogen) atoms. The third-order valence-corrected chi connectivity index (χ3v) is 2.32. The molecule has 2 nitrogen and oxygen atoms in total. The van der Waals surface area contributed by atoms with Crippen molar-refractivity contribution in [1.29, 1.82) is 0 Å². The number of halogens is 1.